The molecule has 2 fully saturated rings. The van der Waals surface area contributed by atoms with Crippen LogP contribution in [0.25, 0.3) is 32.4 Å². The number of imidazole rings is 1. The van der Waals surface area contributed by atoms with E-state index in [4.69, 9.17) is 19.6 Å². The van der Waals surface area contributed by atoms with Gasteiger partial charge in [0.1, 0.15) is 29.6 Å². The molecule has 0 radical (unpaired) electrons. The second-order valence-corrected chi connectivity index (χ2v) is 40.8. The summed E-state index contributed by atoms with van der Waals surface area (Å²) < 4.78 is 11.8. The molecule has 1 N–H and O–H groups in total. The Morgan fingerprint density at radius 3 is 1.41 bits per heavy atom. The molecule has 766 valence electrons. The first-order chi connectivity index (χ1) is 67.9. The van der Waals surface area contributed by atoms with Crippen molar-refractivity contribution >= 4 is 67.5 Å². The van der Waals surface area contributed by atoms with E-state index in [0.29, 0.717) is 97.1 Å². The van der Waals surface area contributed by atoms with Gasteiger partial charge in [0.05, 0.1) is 96.6 Å². The van der Waals surface area contributed by atoms with Crippen LogP contribution >= 0.6 is 11.3 Å². The molecule has 31 heteroatoms. The summed E-state index contributed by atoms with van der Waals surface area (Å²) in [7, 11) is 6.88. The minimum Gasteiger partial charge on any atom is -0.378 e. The highest BCUT2D eigenvalue weighted by Crippen LogP contribution is 2.27. The van der Waals surface area contributed by atoms with E-state index in [0.717, 1.165) is 101 Å². The number of nitriles is 1. The Morgan fingerprint density at radius 1 is 0.455 bits per heavy atom. The molecule has 0 bridgehead atoms. The van der Waals surface area contributed by atoms with Crippen LogP contribution in [-0.2, 0) is 54.0 Å². The van der Waals surface area contributed by atoms with Gasteiger partial charge in [0.25, 0.3) is 5.91 Å². The van der Waals surface area contributed by atoms with E-state index in [1.54, 1.807) is 62.0 Å². The average Bonchev–Trinajstić information content (AvgIpc) is 1.06. The summed E-state index contributed by atoms with van der Waals surface area (Å²) in [5.41, 5.74) is 20.9. The number of benzene rings is 2. The average molecular weight is 1970 g/mol. The van der Waals surface area contributed by atoms with Crippen molar-refractivity contribution in [3.63, 3.8) is 0 Å². The number of aromatic nitrogens is 20. The molecule has 2 saturated heterocycles. The third kappa shape index (κ3) is 42.6. The van der Waals surface area contributed by atoms with Crippen molar-refractivity contribution in [2.24, 2.45) is 0 Å². The number of amides is 2. The number of fused-ring (bicyclic) bond motifs is 3. The number of anilines is 2. The maximum atomic E-state index is 12.0. The lowest BCUT2D eigenvalue weighted by atomic mass is 9.89. The Labute approximate surface area is 854 Å². The lowest BCUT2D eigenvalue weighted by Crippen LogP contribution is -2.41. The number of ether oxygens (including phenoxy) is 2. The van der Waals surface area contributed by atoms with E-state index in [-0.39, 0.29) is 35.5 Å². The zero-order chi connectivity index (χ0) is 105. The molecule has 2 amide bonds. The van der Waals surface area contributed by atoms with Gasteiger partial charge >= 0.3 is 0 Å². The molecule has 143 heavy (non-hydrogen) atoms. The van der Waals surface area contributed by atoms with Crippen LogP contribution in [0.2, 0.25) is 0 Å². The fraction of sp³-hybridized carbons (Fsp3) is 0.482. The molecule has 0 unspecified atom stereocenters. The van der Waals surface area contributed by atoms with Crippen molar-refractivity contribution in [3.05, 3.63) is 280 Å². The molecule has 30 nitrogen and oxygen atoms in total. The number of morpholine rings is 2. The Morgan fingerprint density at radius 2 is 0.930 bits per heavy atom. The number of likely N-dealkylation sites (N-methyl/N-ethyl adjacent to an activating group) is 1. The van der Waals surface area contributed by atoms with E-state index in [1.807, 2.05) is 140 Å². The number of carbonyl (C=O) groups excluding carboxylic acids is 2. The van der Waals surface area contributed by atoms with Gasteiger partial charge in [-0.25, -0.2) is 89.8 Å². The number of thiazole rings is 1. The molecule has 16 rings (SSSR count). The topological polar surface area (TPSA) is 359 Å². The van der Waals surface area contributed by atoms with E-state index >= 15 is 0 Å². The Balaban J connectivity index is 0.000000242. The predicted molar refractivity (Wildman–Crippen MR) is 578 cm³/mol. The monoisotopic (exact) mass is 1960 g/mol. The van der Waals surface area contributed by atoms with Gasteiger partial charge in [-0.05, 0) is 175 Å². The highest BCUT2D eigenvalue weighted by atomic mass is 32.1. The van der Waals surface area contributed by atoms with E-state index < -0.39 is 0 Å². The van der Waals surface area contributed by atoms with Crippen molar-refractivity contribution in [1.29, 1.82) is 5.26 Å². The van der Waals surface area contributed by atoms with Crippen LogP contribution in [0.15, 0.2) is 190 Å². The summed E-state index contributed by atoms with van der Waals surface area (Å²) in [6.07, 6.45) is 36.4. The number of rotatable bonds is 18. The second-order valence-electron chi connectivity index (χ2n) is 39.9. The fourth-order valence-corrected chi connectivity index (χ4v) is 13.3. The Bertz CT molecular complexity index is 5850. The van der Waals surface area contributed by atoms with Gasteiger partial charge in [-0.2, -0.15) is 5.26 Å². The summed E-state index contributed by atoms with van der Waals surface area (Å²) >= 11 is 1.71. The van der Waals surface area contributed by atoms with E-state index in [9.17, 15) is 9.59 Å². The number of carbonyl (C=O) groups is 2. The number of nitrogens with one attached hydrogen (secondary N) is 1. The zero-order valence-electron chi connectivity index (χ0n) is 90.6. The number of H-pyrrole nitrogens is 1. The lowest BCUT2D eigenvalue weighted by molar-refractivity contribution is -0.167. The van der Waals surface area contributed by atoms with Crippen molar-refractivity contribution in [2.45, 2.75) is 276 Å². The van der Waals surface area contributed by atoms with Crippen molar-refractivity contribution in [2.75, 3.05) is 90.7 Å². The molecule has 2 aliphatic heterocycles. The van der Waals surface area contributed by atoms with Gasteiger partial charge in [0.15, 0.2) is 5.65 Å². The normalized spacial score (nSPS) is 12.2. The molecular weight excluding hydrogens is 1810 g/mol. The number of hydrogen-bond acceptors (Lipinski definition) is 28. The van der Waals surface area contributed by atoms with Gasteiger partial charge in [-0.15, -0.1) is 11.3 Å². The molecule has 0 atom stereocenters. The Hall–Kier alpha value is -13.0. The standard InChI is InChI=1S/C13H19N3O2.C12H20N2.C11H17N3O2.C11H17N3O.C11H12N2.C10H11NS.C10H11N.C9H11N3.C9H15N3.C9H14N2.C7H10N2/c1-10(2)11-8-14-12(15-9-11)7-13(17)16-3-5-18-6-4-16;1-11(2,3)9-7-13-10(14-8-9)12(4,5)6;1-8(2)9-6-12-10(13-7-9)5-11(15)14(3)16-4;1-9(2)10-7-12-11(13-8-10)14-3-5-15-6-4-14;1-8(2)9-6-11-10(13-7-9)4-3-5-12-11;1-7(2)8-3-4-9-10(5-8)12-6-11-9;1-8(2)10-5-3-4-9(6-10)7-11;1-6(2)7-3-8-9(10-4-7)12-5-11-8;1-7(2)8-5-10-9(11-6-8)12(3)4;1-4-8-5-10-9(7(2)3)11-6-8;1-6(2)7-3-8-5-9-4-7/h8-10H,3-7H2,1-2H3;7-8H,1-6H3;6-8H,5H2,1-4H3;7-9H,3-6H2,1-2H3;3-8H,1-2H3;3-7H,1-2H3;3-6,8H,1-2H3;3-6H,1-2H3,(H,10,11,12);5-7H,1-4H3;5-7H,4H2,1-3H3;3-6H,1-2H3. The molecule has 2 aliphatic rings. The molecule has 14 heterocycles. The summed E-state index contributed by atoms with van der Waals surface area (Å²) in [6.45, 7) is 63.5. The van der Waals surface area contributed by atoms with Crippen LogP contribution in [0.3, 0.4) is 0 Å². The number of hydroxylamine groups is 2. The summed E-state index contributed by atoms with van der Waals surface area (Å²) in [4.78, 5) is 117. The van der Waals surface area contributed by atoms with Gasteiger partial charge in [-0.1, -0.05) is 205 Å². The van der Waals surface area contributed by atoms with E-state index in [1.165, 1.54) is 66.9 Å². The van der Waals surface area contributed by atoms with Crippen LogP contribution in [0.5, 0.6) is 0 Å². The third-order valence-electron chi connectivity index (χ3n) is 22.6. The molecule has 14 aromatic rings. The maximum Gasteiger partial charge on any atom is 0.253 e. The van der Waals surface area contributed by atoms with Gasteiger partial charge in [0.2, 0.25) is 17.8 Å². The third-order valence-corrected chi connectivity index (χ3v) is 23.4. The summed E-state index contributed by atoms with van der Waals surface area (Å²) in [5, 5.41) is 9.76. The van der Waals surface area contributed by atoms with Crippen LogP contribution in [0.1, 0.15) is 336 Å². The van der Waals surface area contributed by atoms with Gasteiger partial charge < -0.3 is 29.2 Å². The number of pyridine rings is 3. The first-order valence-corrected chi connectivity index (χ1v) is 50.4. The molecule has 12 aromatic heterocycles. The van der Waals surface area contributed by atoms with Crippen LogP contribution < -0.4 is 9.80 Å². The van der Waals surface area contributed by atoms with Crippen molar-refractivity contribution in [3.8, 4) is 6.07 Å². The quantitative estimate of drug-likeness (QED) is 0.0780. The Kier molecular flexibility index (Phi) is 50.7. The van der Waals surface area contributed by atoms with Crippen LogP contribution in [0, 0.1) is 11.3 Å². The fourth-order valence-electron chi connectivity index (χ4n) is 12.5. The molecular formula is C112H157N25O5S. The largest absolute Gasteiger partial charge is 0.378 e. The summed E-state index contributed by atoms with van der Waals surface area (Å²) in [6, 6.07) is 24.4. The molecule has 0 saturated carbocycles. The molecule has 0 aliphatic carbocycles. The predicted octanol–water partition coefficient (Wildman–Crippen LogP) is 23.0. The first kappa shape index (κ1) is 119. The first-order valence-electron chi connectivity index (χ1n) is 49.5. The highest BCUT2D eigenvalue weighted by Gasteiger charge is 2.22. The van der Waals surface area contributed by atoms with Gasteiger partial charge in [0, 0.05) is 164 Å². The lowest BCUT2D eigenvalue weighted by Gasteiger charge is -2.26. The van der Waals surface area contributed by atoms with Gasteiger partial charge in [-0.3, -0.25) is 24.4 Å². The number of hydrogen-bond donors (Lipinski definition) is 1. The minimum absolute atomic E-state index is 0.0381. The second kappa shape index (κ2) is 61.1. The van der Waals surface area contributed by atoms with E-state index in [2.05, 4.69) is 328 Å². The smallest absolute Gasteiger partial charge is 0.253 e. The van der Waals surface area contributed by atoms with Crippen molar-refractivity contribution < 1.29 is 23.9 Å². The summed E-state index contributed by atoms with van der Waals surface area (Å²) in [5.74, 6) is 9.35. The molecule has 0 spiro atoms. The van der Waals surface area contributed by atoms with Crippen LogP contribution in [-0.4, -0.2) is 202 Å². The number of aromatic amines is 1. The number of nitrogens with zero attached hydrogens (tertiary/aromatic N) is 24. The number of aryl methyl sites for hydroxylation is 1. The van der Waals surface area contributed by atoms with Crippen molar-refractivity contribution in [1.82, 2.24) is 110 Å². The minimum atomic E-state index is -0.167. The van der Waals surface area contributed by atoms with Crippen LogP contribution in [0.4, 0.5) is 11.9 Å². The molecule has 2 aromatic carbocycles. The SMILES string of the molecule is CC(C)(C)c1cnc(C(C)(C)C)nc1.CC(C)c1ccc2ncsc2c1.CC(C)c1cccc(C#N)c1.CC(C)c1cnc(CC(=O)N2CCOCC2)nc1.CC(C)c1cnc(N(C)C)nc1.CC(C)c1cnc(N2CCOCC2)nc1.CC(C)c1cnc2cccnc2c1.CC(C)c1cnc2nc[nH]c2c1.CC(C)c1cncnc1.CCc1cnc(C(C)C)nc1.CON(C)C(=O)Cc1ncc(C(C)C)cn1. The maximum absolute atomic E-state index is 12.0. The highest BCUT2D eigenvalue weighted by molar-refractivity contribution is 7.16. The zero-order valence-corrected chi connectivity index (χ0v) is 91.4.